The van der Waals surface area contributed by atoms with Crippen molar-refractivity contribution in [3.63, 3.8) is 0 Å². The van der Waals surface area contributed by atoms with Crippen LogP contribution in [0.25, 0.3) is 22.6 Å². The number of aromatic nitrogens is 2. The molecule has 4 aromatic carbocycles. The van der Waals surface area contributed by atoms with Crippen LogP contribution in [0.4, 0.5) is 0 Å². The summed E-state index contributed by atoms with van der Waals surface area (Å²) in [5, 5.41) is 10.3. The number of ether oxygens (including phenoxy) is 4. The number of benzene rings is 4. The van der Waals surface area contributed by atoms with Crippen LogP contribution in [0.3, 0.4) is 0 Å². The van der Waals surface area contributed by atoms with E-state index in [4.69, 9.17) is 35.5 Å². The van der Waals surface area contributed by atoms with Crippen LogP contribution in [-0.2, 0) is 26.2 Å². The molecule has 0 atom stereocenters. The van der Waals surface area contributed by atoms with Gasteiger partial charge in [0, 0.05) is 48.9 Å². The Morgan fingerprint density at radius 1 is 0.804 bits per heavy atom. The first-order valence-electron chi connectivity index (χ1n) is 15.4. The summed E-state index contributed by atoms with van der Waals surface area (Å²) in [4.78, 5) is 7.67. The van der Waals surface area contributed by atoms with E-state index in [0.29, 0.717) is 43.4 Å². The van der Waals surface area contributed by atoms with Crippen molar-refractivity contribution in [2.24, 2.45) is 0 Å². The Morgan fingerprint density at radius 2 is 1.59 bits per heavy atom. The highest BCUT2D eigenvalue weighted by Gasteiger charge is 2.24. The van der Waals surface area contributed by atoms with Gasteiger partial charge in [0.25, 0.3) is 0 Å². The second kappa shape index (κ2) is 14.7. The molecular formula is C37H38ClN3O5. The molecule has 238 valence electrons. The number of nitrogens with zero attached hydrogens (tertiary/aromatic N) is 3. The predicted octanol–water partition coefficient (Wildman–Crippen LogP) is 7.59. The first-order valence-corrected chi connectivity index (χ1v) is 15.8. The fourth-order valence-electron chi connectivity index (χ4n) is 5.78. The first kappa shape index (κ1) is 31.5. The third-order valence-corrected chi connectivity index (χ3v) is 8.46. The van der Waals surface area contributed by atoms with Gasteiger partial charge in [-0.2, -0.15) is 0 Å². The molecule has 2 heterocycles. The standard InChI is InChI=1S/C37H38ClN3O5/c1-43-30-12-8-11-28(20-30)37-39-36(27-9-4-3-5-10-27)33(41(37)17-6-7-18-42)24-40(23-29-14-15-31(44-2)21-32(29)38)22-26-13-16-34-35(19-26)46-25-45-34/h3-5,8-16,19-21,42H,6-7,17-18,22-25H2,1-2H3. The molecule has 1 aliphatic heterocycles. The number of rotatable bonds is 14. The second-order valence-electron chi connectivity index (χ2n) is 11.2. The van der Waals surface area contributed by atoms with E-state index in [9.17, 15) is 5.11 Å². The highest BCUT2D eigenvalue weighted by molar-refractivity contribution is 6.31. The first-order chi connectivity index (χ1) is 22.6. The molecule has 0 aliphatic carbocycles. The van der Waals surface area contributed by atoms with E-state index < -0.39 is 0 Å². The number of hydrogen-bond donors (Lipinski definition) is 1. The summed E-state index contributed by atoms with van der Waals surface area (Å²) in [6.45, 7) is 2.85. The van der Waals surface area contributed by atoms with Crippen LogP contribution in [0.15, 0.2) is 91.0 Å². The Morgan fingerprint density at radius 3 is 2.37 bits per heavy atom. The summed E-state index contributed by atoms with van der Waals surface area (Å²) >= 11 is 6.79. The molecule has 1 aliphatic rings. The lowest BCUT2D eigenvalue weighted by molar-refractivity contribution is 0.174. The molecule has 1 N–H and O–H groups in total. The summed E-state index contributed by atoms with van der Waals surface area (Å²) in [5.41, 5.74) is 6.07. The molecule has 8 nitrogen and oxygen atoms in total. The van der Waals surface area contributed by atoms with Gasteiger partial charge in [0.15, 0.2) is 11.5 Å². The number of hydrogen-bond acceptors (Lipinski definition) is 7. The van der Waals surface area contributed by atoms with Crippen molar-refractivity contribution in [3.05, 3.63) is 113 Å². The van der Waals surface area contributed by atoms with Crippen molar-refractivity contribution in [1.29, 1.82) is 0 Å². The number of aliphatic hydroxyl groups excluding tert-OH is 1. The summed E-state index contributed by atoms with van der Waals surface area (Å²) in [5.74, 6) is 3.84. The zero-order chi connectivity index (χ0) is 31.9. The molecule has 0 saturated carbocycles. The highest BCUT2D eigenvalue weighted by atomic mass is 35.5. The monoisotopic (exact) mass is 639 g/mol. The van der Waals surface area contributed by atoms with Crippen LogP contribution < -0.4 is 18.9 Å². The molecule has 5 aromatic rings. The molecule has 9 heteroatoms. The van der Waals surface area contributed by atoms with Gasteiger partial charge in [0.2, 0.25) is 6.79 Å². The maximum Gasteiger partial charge on any atom is 0.231 e. The smallest absolute Gasteiger partial charge is 0.231 e. The second-order valence-corrected chi connectivity index (χ2v) is 11.6. The topological polar surface area (TPSA) is 78.2 Å². The normalized spacial score (nSPS) is 12.1. The Balaban J connectivity index is 1.46. The minimum Gasteiger partial charge on any atom is -0.497 e. The van der Waals surface area contributed by atoms with Crippen LogP contribution in [0.1, 0.15) is 29.7 Å². The van der Waals surface area contributed by atoms with E-state index in [-0.39, 0.29) is 13.4 Å². The number of unbranched alkanes of at least 4 members (excludes halogenated alkanes) is 1. The molecule has 0 fully saturated rings. The number of aliphatic hydroxyl groups is 1. The maximum absolute atomic E-state index is 9.66. The molecule has 0 unspecified atom stereocenters. The van der Waals surface area contributed by atoms with Gasteiger partial charge in [-0.15, -0.1) is 0 Å². The van der Waals surface area contributed by atoms with Crippen molar-refractivity contribution in [1.82, 2.24) is 14.5 Å². The van der Waals surface area contributed by atoms with Crippen molar-refractivity contribution in [3.8, 4) is 45.6 Å². The van der Waals surface area contributed by atoms with Gasteiger partial charge in [-0.1, -0.05) is 66.2 Å². The minimum atomic E-state index is 0.135. The van der Waals surface area contributed by atoms with E-state index >= 15 is 0 Å². The van der Waals surface area contributed by atoms with E-state index in [1.807, 2.05) is 66.7 Å². The molecule has 1 aromatic heterocycles. The van der Waals surface area contributed by atoms with E-state index in [1.54, 1.807) is 14.2 Å². The van der Waals surface area contributed by atoms with Gasteiger partial charge in [-0.05, 0) is 60.4 Å². The lowest BCUT2D eigenvalue weighted by Crippen LogP contribution is -2.25. The zero-order valence-electron chi connectivity index (χ0n) is 26.1. The van der Waals surface area contributed by atoms with E-state index in [0.717, 1.165) is 63.1 Å². The van der Waals surface area contributed by atoms with Gasteiger partial charge in [-0.25, -0.2) is 4.98 Å². The molecule has 0 bridgehead atoms. The summed E-state index contributed by atoms with van der Waals surface area (Å²) in [7, 11) is 3.31. The van der Waals surface area contributed by atoms with Crippen molar-refractivity contribution in [2.45, 2.75) is 39.0 Å². The van der Waals surface area contributed by atoms with Gasteiger partial charge in [-0.3, -0.25) is 4.90 Å². The van der Waals surface area contributed by atoms with Crippen LogP contribution in [0.2, 0.25) is 5.02 Å². The molecular weight excluding hydrogens is 602 g/mol. The maximum atomic E-state index is 9.66. The highest BCUT2D eigenvalue weighted by Crippen LogP contribution is 2.36. The molecule has 0 saturated heterocycles. The van der Waals surface area contributed by atoms with Gasteiger partial charge >= 0.3 is 0 Å². The molecule has 0 spiro atoms. The lowest BCUT2D eigenvalue weighted by atomic mass is 10.1. The quantitative estimate of drug-likeness (QED) is 0.125. The Bertz CT molecular complexity index is 1770. The van der Waals surface area contributed by atoms with Gasteiger partial charge in [0.1, 0.15) is 17.3 Å². The van der Waals surface area contributed by atoms with Gasteiger partial charge < -0.3 is 28.6 Å². The fraction of sp³-hybridized carbons (Fsp3) is 0.270. The number of imidazole rings is 1. The largest absolute Gasteiger partial charge is 0.497 e. The third-order valence-electron chi connectivity index (χ3n) is 8.11. The fourth-order valence-corrected chi connectivity index (χ4v) is 6.01. The lowest BCUT2D eigenvalue weighted by Gasteiger charge is -2.25. The molecule has 0 amide bonds. The summed E-state index contributed by atoms with van der Waals surface area (Å²) in [6, 6.07) is 30.2. The van der Waals surface area contributed by atoms with Crippen LogP contribution in [-0.4, -0.2) is 47.2 Å². The van der Waals surface area contributed by atoms with Crippen LogP contribution >= 0.6 is 11.6 Å². The number of methoxy groups -OCH3 is 2. The van der Waals surface area contributed by atoms with E-state index in [2.05, 4.69) is 33.7 Å². The van der Waals surface area contributed by atoms with Gasteiger partial charge in [0.05, 0.1) is 25.6 Å². The number of fused-ring (bicyclic) bond motifs is 1. The summed E-state index contributed by atoms with van der Waals surface area (Å²) < 4.78 is 24.6. The van der Waals surface area contributed by atoms with Crippen LogP contribution in [0.5, 0.6) is 23.0 Å². The van der Waals surface area contributed by atoms with E-state index in [1.165, 1.54) is 0 Å². The minimum absolute atomic E-state index is 0.135. The molecule has 6 rings (SSSR count). The average molecular weight is 640 g/mol. The van der Waals surface area contributed by atoms with Crippen molar-refractivity contribution < 1.29 is 24.1 Å². The summed E-state index contributed by atoms with van der Waals surface area (Å²) in [6.07, 6.45) is 1.50. The SMILES string of the molecule is COc1cccc(-c2nc(-c3ccccc3)c(CN(Cc3ccc4c(c3)OCO4)Cc3ccc(OC)cc3Cl)n2CCCCO)c1. The Hall–Kier alpha value is -4.50. The zero-order valence-corrected chi connectivity index (χ0v) is 26.9. The molecule has 0 radical (unpaired) electrons. The third kappa shape index (κ3) is 7.15. The van der Waals surface area contributed by atoms with Crippen molar-refractivity contribution in [2.75, 3.05) is 27.6 Å². The predicted molar refractivity (Wildman–Crippen MR) is 179 cm³/mol. The number of halogens is 1. The molecule has 46 heavy (non-hydrogen) atoms. The van der Waals surface area contributed by atoms with Crippen LogP contribution in [0, 0.1) is 0 Å². The average Bonchev–Trinajstić information content (AvgIpc) is 3.70. The Labute approximate surface area is 274 Å². The Kier molecular flexibility index (Phi) is 10.1. The van der Waals surface area contributed by atoms with Crippen molar-refractivity contribution >= 4 is 11.6 Å².